The fourth-order valence-corrected chi connectivity index (χ4v) is 3.27. The van der Waals surface area contributed by atoms with Gasteiger partial charge in [0.05, 0.1) is 10.9 Å². The third kappa shape index (κ3) is 4.58. The van der Waals surface area contributed by atoms with Crippen molar-refractivity contribution in [2.24, 2.45) is 0 Å². The van der Waals surface area contributed by atoms with Gasteiger partial charge in [0.1, 0.15) is 11.5 Å². The Kier molecular flexibility index (Phi) is 5.06. The molecule has 1 saturated heterocycles. The number of hydrogen-bond donors (Lipinski definition) is 2. The van der Waals surface area contributed by atoms with Gasteiger partial charge in [0.2, 0.25) is 5.91 Å². The van der Waals surface area contributed by atoms with Crippen LogP contribution in [0.25, 0.3) is 0 Å². The first-order valence-corrected chi connectivity index (χ1v) is 9.93. The minimum Gasteiger partial charge on any atom is -0.457 e. The first kappa shape index (κ1) is 17.4. The number of amides is 1. The summed E-state index contributed by atoms with van der Waals surface area (Å²) in [6, 6.07) is 13.2. The average molecular weight is 360 g/mol. The van der Waals surface area contributed by atoms with Gasteiger partial charge in [0.15, 0.2) is 9.84 Å². The summed E-state index contributed by atoms with van der Waals surface area (Å²) < 4.78 is 28.6. The van der Waals surface area contributed by atoms with E-state index in [2.05, 4.69) is 10.6 Å². The van der Waals surface area contributed by atoms with Crippen LogP contribution in [0.2, 0.25) is 0 Å². The van der Waals surface area contributed by atoms with Crippen molar-refractivity contribution >= 4 is 21.4 Å². The van der Waals surface area contributed by atoms with E-state index in [0.717, 1.165) is 25.6 Å². The number of ether oxygens (including phenoxy) is 1. The van der Waals surface area contributed by atoms with Crippen LogP contribution >= 0.6 is 0 Å². The van der Waals surface area contributed by atoms with Crippen molar-refractivity contribution in [2.75, 3.05) is 18.1 Å². The second-order valence-electron chi connectivity index (χ2n) is 6.01. The molecular formula is C18H20N2O4S. The molecule has 1 aliphatic heterocycles. The lowest BCUT2D eigenvalue weighted by atomic mass is 10.2. The molecule has 1 amide bonds. The van der Waals surface area contributed by atoms with E-state index in [-0.39, 0.29) is 16.8 Å². The first-order chi connectivity index (χ1) is 11.9. The van der Waals surface area contributed by atoms with Gasteiger partial charge in [-0.1, -0.05) is 0 Å². The standard InChI is InChI=1S/C18H20N2O4S/c1-25(22,23)16-10-8-15(9-11-16)24-14-6-4-13(5-7-14)20-18(21)17-3-2-12-19-17/h4-11,17,19H,2-3,12H2,1H3,(H,20,21). The van der Waals surface area contributed by atoms with Gasteiger partial charge in [-0.3, -0.25) is 4.79 Å². The maximum atomic E-state index is 12.0. The Hall–Kier alpha value is -2.38. The molecule has 2 N–H and O–H groups in total. The molecule has 1 fully saturated rings. The van der Waals surface area contributed by atoms with Crippen molar-refractivity contribution < 1.29 is 17.9 Å². The Morgan fingerprint density at radius 2 is 1.68 bits per heavy atom. The lowest BCUT2D eigenvalue weighted by molar-refractivity contribution is -0.117. The van der Waals surface area contributed by atoms with Crippen molar-refractivity contribution in [3.8, 4) is 11.5 Å². The largest absolute Gasteiger partial charge is 0.457 e. The summed E-state index contributed by atoms with van der Waals surface area (Å²) in [4.78, 5) is 12.3. The van der Waals surface area contributed by atoms with Crippen LogP contribution in [0, 0.1) is 0 Å². The number of sulfone groups is 1. The van der Waals surface area contributed by atoms with Gasteiger partial charge >= 0.3 is 0 Å². The number of anilines is 1. The zero-order valence-electron chi connectivity index (χ0n) is 13.9. The molecule has 3 rings (SSSR count). The Balaban J connectivity index is 1.61. The summed E-state index contributed by atoms with van der Waals surface area (Å²) in [6.07, 6.45) is 3.04. The van der Waals surface area contributed by atoms with Gasteiger partial charge in [-0.2, -0.15) is 0 Å². The second kappa shape index (κ2) is 7.25. The summed E-state index contributed by atoms with van der Waals surface area (Å²) in [5.74, 6) is 1.12. The molecule has 0 bridgehead atoms. The lowest BCUT2D eigenvalue weighted by Crippen LogP contribution is -2.35. The molecule has 2 aromatic rings. The third-order valence-electron chi connectivity index (χ3n) is 3.99. The quantitative estimate of drug-likeness (QED) is 0.856. The summed E-state index contributed by atoms with van der Waals surface area (Å²) in [7, 11) is -3.22. The van der Waals surface area contributed by atoms with Crippen molar-refractivity contribution in [2.45, 2.75) is 23.8 Å². The Morgan fingerprint density at radius 3 is 2.20 bits per heavy atom. The number of rotatable bonds is 5. The zero-order chi connectivity index (χ0) is 17.9. The van der Waals surface area contributed by atoms with Gasteiger partial charge in [-0.25, -0.2) is 8.42 Å². The summed E-state index contributed by atoms with van der Waals surface area (Å²) in [5.41, 5.74) is 0.707. The molecule has 0 radical (unpaired) electrons. The van der Waals surface area contributed by atoms with Crippen LogP contribution in [0.3, 0.4) is 0 Å². The first-order valence-electron chi connectivity index (χ1n) is 8.04. The number of nitrogens with one attached hydrogen (secondary N) is 2. The summed E-state index contributed by atoms with van der Waals surface area (Å²) >= 11 is 0. The van der Waals surface area contributed by atoms with Crippen molar-refractivity contribution in [3.63, 3.8) is 0 Å². The van der Waals surface area contributed by atoms with Gasteiger partial charge in [0.25, 0.3) is 0 Å². The summed E-state index contributed by atoms with van der Waals surface area (Å²) in [5, 5.41) is 6.03. The molecule has 1 aliphatic rings. The van der Waals surface area contributed by atoms with Crippen LogP contribution in [0.15, 0.2) is 53.4 Å². The van der Waals surface area contributed by atoms with Gasteiger partial charge in [-0.05, 0) is 67.9 Å². The lowest BCUT2D eigenvalue weighted by Gasteiger charge is -2.12. The van der Waals surface area contributed by atoms with E-state index in [0.29, 0.717) is 17.2 Å². The molecule has 0 aliphatic carbocycles. The van der Waals surface area contributed by atoms with Crippen LogP contribution < -0.4 is 15.4 Å². The van der Waals surface area contributed by atoms with Crippen molar-refractivity contribution in [1.29, 1.82) is 0 Å². The number of carbonyl (C=O) groups is 1. The number of benzene rings is 2. The van der Waals surface area contributed by atoms with Gasteiger partial charge in [0, 0.05) is 11.9 Å². The van der Waals surface area contributed by atoms with Crippen molar-refractivity contribution in [3.05, 3.63) is 48.5 Å². The number of carbonyl (C=O) groups excluding carboxylic acids is 1. The Bertz CT molecular complexity index is 840. The van der Waals surface area contributed by atoms with E-state index in [9.17, 15) is 13.2 Å². The molecule has 132 valence electrons. The topological polar surface area (TPSA) is 84.5 Å². The third-order valence-corrected chi connectivity index (χ3v) is 5.11. The zero-order valence-corrected chi connectivity index (χ0v) is 14.7. The monoisotopic (exact) mass is 360 g/mol. The second-order valence-corrected chi connectivity index (χ2v) is 8.02. The van der Waals surface area contributed by atoms with Crippen molar-refractivity contribution in [1.82, 2.24) is 5.32 Å². The fourth-order valence-electron chi connectivity index (χ4n) is 2.63. The molecule has 1 unspecified atom stereocenters. The molecule has 0 spiro atoms. The highest BCUT2D eigenvalue weighted by atomic mass is 32.2. The van der Waals surface area contributed by atoms with Crippen LogP contribution in [-0.4, -0.2) is 33.2 Å². The predicted octanol–water partition coefficient (Wildman–Crippen LogP) is 2.57. The Labute approximate surface area is 147 Å². The normalized spacial score (nSPS) is 17.2. The van der Waals surface area contributed by atoms with Gasteiger partial charge in [-0.15, -0.1) is 0 Å². The van der Waals surface area contributed by atoms with E-state index in [1.54, 1.807) is 36.4 Å². The highest BCUT2D eigenvalue weighted by Gasteiger charge is 2.21. The molecule has 25 heavy (non-hydrogen) atoms. The van der Waals surface area contributed by atoms with E-state index >= 15 is 0 Å². The van der Waals surface area contributed by atoms with Crippen LogP contribution in [0.1, 0.15) is 12.8 Å². The highest BCUT2D eigenvalue weighted by molar-refractivity contribution is 7.90. The molecule has 0 aromatic heterocycles. The Morgan fingerprint density at radius 1 is 1.08 bits per heavy atom. The molecule has 1 atom stereocenters. The smallest absolute Gasteiger partial charge is 0.241 e. The minimum atomic E-state index is -3.22. The molecular weight excluding hydrogens is 340 g/mol. The maximum Gasteiger partial charge on any atom is 0.241 e. The van der Waals surface area contributed by atoms with E-state index in [4.69, 9.17) is 4.74 Å². The van der Waals surface area contributed by atoms with Crippen LogP contribution in [0.4, 0.5) is 5.69 Å². The fraction of sp³-hybridized carbons (Fsp3) is 0.278. The van der Waals surface area contributed by atoms with Crippen LogP contribution in [-0.2, 0) is 14.6 Å². The minimum absolute atomic E-state index is 0.0254. The average Bonchev–Trinajstić information content (AvgIpc) is 3.11. The number of hydrogen-bond acceptors (Lipinski definition) is 5. The van der Waals surface area contributed by atoms with E-state index in [1.807, 2.05) is 0 Å². The molecule has 7 heteroatoms. The highest BCUT2D eigenvalue weighted by Crippen LogP contribution is 2.24. The van der Waals surface area contributed by atoms with Gasteiger partial charge < -0.3 is 15.4 Å². The molecule has 2 aromatic carbocycles. The maximum absolute atomic E-state index is 12.0. The van der Waals surface area contributed by atoms with Crippen LogP contribution in [0.5, 0.6) is 11.5 Å². The molecule has 1 heterocycles. The molecule has 0 saturated carbocycles. The SMILES string of the molecule is CS(=O)(=O)c1ccc(Oc2ccc(NC(=O)C3CCCN3)cc2)cc1. The van der Waals surface area contributed by atoms with E-state index in [1.165, 1.54) is 12.1 Å². The molecule has 6 nitrogen and oxygen atoms in total. The summed E-state index contributed by atoms with van der Waals surface area (Å²) in [6.45, 7) is 0.878. The predicted molar refractivity (Wildman–Crippen MR) is 95.7 cm³/mol. The van der Waals surface area contributed by atoms with E-state index < -0.39 is 9.84 Å².